The molecule has 3 rings (SSSR count). The number of aromatic hydroxyl groups is 1. The minimum atomic E-state index is -1.37. The summed E-state index contributed by atoms with van der Waals surface area (Å²) in [5.74, 6) is -4.93. The molecular formula is C29H34N6O8. The molecule has 0 fully saturated rings. The zero-order valence-corrected chi connectivity index (χ0v) is 23.1. The molecule has 3 aromatic rings. The molecule has 0 aliphatic rings. The van der Waals surface area contributed by atoms with Gasteiger partial charge in [0, 0.05) is 37.6 Å². The number of nitrogens with two attached hydrogens (primary N) is 1. The van der Waals surface area contributed by atoms with Gasteiger partial charge in [0.1, 0.15) is 23.9 Å². The van der Waals surface area contributed by atoms with Gasteiger partial charge in [-0.2, -0.15) is 0 Å². The maximum Gasteiger partial charge on any atom is 0.326 e. The number of carbonyl (C=O) groups is 5. The van der Waals surface area contributed by atoms with E-state index in [0.717, 1.165) is 0 Å². The first-order valence-corrected chi connectivity index (χ1v) is 13.4. The van der Waals surface area contributed by atoms with Crippen LogP contribution in [0.2, 0.25) is 0 Å². The Bertz CT molecular complexity index is 1380. The maximum atomic E-state index is 13.4. The van der Waals surface area contributed by atoms with Crippen LogP contribution in [0.1, 0.15) is 29.7 Å². The first-order valence-electron chi connectivity index (χ1n) is 13.4. The number of hydrogen-bond acceptors (Lipinski definition) is 8. The van der Waals surface area contributed by atoms with Gasteiger partial charge in [0.2, 0.25) is 17.7 Å². The molecule has 9 N–H and O–H groups in total. The van der Waals surface area contributed by atoms with Crippen molar-refractivity contribution in [2.75, 3.05) is 0 Å². The van der Waals surface area contributed by atoms with Gasteiger partial charge < -0.3 is 42.0 Å². The summed E-state index contributed by atoms with van der Waals surface area (Å²) in [5.41, 5.74) is 7.74. The predicted molar refractivity (Wildman–Crippen MR) is 153 cm³/mol. The third-order valence-electron chi connectivity index (χ3n) is 6.52. The highest BCUT2D eigenvalue weighted by Gasteiger charge is 2.31. The number of hydrogen-bond donors (Lipinski definition) is 8. The summed E-state index contributed by atoms with van der Waals surface area (Å²) < 4.78 is 0. The fourth-order valence-corrected chi connectivity index (χ4v) is 4.21. The largest absolute Gasteiger partial charge is 0.508 e. The summed E-state index contributed by atoms with van der Waals surface area (Å²) in [7, 11) is 0. The summed E-state index contributed by atoms with van der Waals surface area (Å²) >= 11 is 0. The van der Waals surface area contributed by atoms with Gasteiger partial charge in [-0.1, -0.05) is 42.5 Å². The van der Waals surface area contributed by atoms with Gasteiger partial charge in [0.15, 0.2) is 0 Å². The van der Waals surface area contributed by atoms with E-state index in [1.807, 2.05) is 0 Å². The topological polar surface area (TPSA) is 237 Å². The first-order chi connectivity index (χ1) is 20.5. The fraction of sp³-hybridized carbons (Fsp3) is 0.310. The molecule has 0 aliphatic carbocycles. The predicted octanol–water partition coefficient (Wildman–Crippen LogP) is -0.126. The van der Waals surface area contributed by atoms with E-state index in [0.29, 0.717) is 16.8 Å². The molecular weight excluding hydrogens is 560 g/mol. The number of phenols is 1. The zero-order chi connectivity index (χ0) is 31.4. The van der Waals surface area contributed by atoms with Gasteiger partial charge in [0.05, 0.1) is 12.4 Å². The van der Waals surface area contributed by atoms with Crippen molar-refractivity contribution in [1.29, 1.82) is 0 Å². The average Bonchev–Trinajstić information content (AvgIpc) is 3.48. The van der Waals surface area contributed by atoms with Crippen molar-refractivity contribution in [3.63, 3.8) is 0 Å². The number of nitrogens with zero attached hydrogens (tertiary/aromatic N) is 1. The van der Waals surface area contributed by atoms with E-state index in [9.17, 15) is 39.3 Å². The maximum absolute atomic E-state index is 13.4. The summed E-state index contributed by atoms with van der Waals surface area (Å²) in [5, 5.41) is 36.1. The van der Waals surface area contributed by atoms with Crippen molar-refractivity contribution in [3.05, 3.63) is 83.9 Å². The van der Waals surface area contributed by atoms with Crippen molar-refractivity contribution in [2.24, 2.45) is 5.73 Å². The molecule has 4 unspecified atom stereocenters. The van der Waals surface area contributed by atoms with Crippen LogP contribution in [0.5, 0.6) is 5.75 Å². The van der Waals surface area contributed by atoms with Crippen molar-refractivity contribution < 1.29 is 39.3 Å². The molecule has 1 heterocycles. The molecule has 0 spiro atoms. The van der Waals surface area contributed by atoms with E-state index in [-0.39, 0.29) is 31.4 Å². The van der Waals surface area contributed by atoms with Crippen molar-refractivity contribution in [2.45, 2.75) is 56.3 Å². The number of rotatable bonds is 16. The van der Waals surface area contributed by atoms with Crippen molar-refractivity contribution >= 4 is 29.7 Å². The molecule has 43 heavy (non-hydrogen) atoms. The molecule has 0 saturated carbocycles. The SMILES string of the molecule is NC(Cc1cnc[nH]1)C(=O)NC(CCC(=O)O)C(=O)NC(Cc1ccc(O)cc1)C(=O)NC(Cc1ccccc1)C(=O)O. The van der Waals surface area contributed by atoms with Crippen molar-refractivity contribution in [1.82, 2.24) is 25.9 Å². The number of aromatic nitrogens is 2. The van der Waals surface area contributed by atoms with Crippen LogP contribution in [0.25, 0.3) is 0 Å². The summed E-state index contributed by atoms with van der Waals surface area (Å²) in [6, 6.07) is 9.38. The summed E-state index contributed by atoms with van der Waals surface area (Å²) in [6.07, 6.45) is 2.07. The van der Waals surface area contributed by atoms with Gasteiger partial charge >= 0.3 is 11.9 Å². The Morgan fingerprint density at radius 1 is 0.767 bits per heavy atom. The fourth-order valence-electron chi connectivity index (χ4n) is 4.21. The lowest BCUT2D eigenvalue weighted by molar-refractivity contribution is -0.142. The number of amides is 3. The Morgan fingerprint density at radius 2 is 1.35 bits per heavy atom. The van der Waals surface area contributed by atoms with Crippen LogP contribution in [0.3, 0.4) is 0 Å². The van der Waals surface area contributed by atoms with E-state index in [2.05, 4.69) is 25.9 Å². The number of nitrogens with one attached hydrogen (secondary N) is 4. The highest BCUT2D eigenvalue weighted by atomic mass is 16.4. The van der Waals surface area contributed by atoms with E-state index in [1.54, 1.807) is 30.3 Å². The average molecular weight is 595 g/mol. The first kappa shape index (κ1) is 32.3. The minimum absolute atomic E-state index is 0.0205. The number of phenolic OH excluding ortho intramolecular Hbond substituents is 1. The molecule has 0 saturated heterocycles. The Kier molecular flexibility index (Phi) is 11.8. The normalized spacial score (nSPS) is 13.6. The van der Waals surface area contributed by atoms with Crippen LogP contribution < -0.4 is 21.7 Å². The molecule has 228 valence electrons. The van der Waals surface area contributed by atoms with E-state index < -0.39 is 60.2 Å². The quantitative estimate of drug-likeness (QED) is 0.109. The van der Waals surface area contributed by atoms with E-state index >= 15 is 0 Å². The van der Waals surface area contributed by atoms with Crippen LogP contribution in [0.15, 0.2) is 67.1 Å². The third kappa shape index (κ3) is 10.6. The molecule has 1 aromatic heterocycles. The number of aromatic amines is 1. The number of aliphatic carboxylic acids is 2. The Hall–Kier alpha value is -5.24. The number of H-pyrrole nitrogens is 1. The van der Waals surface area contributed by atoms with Crippen LogP contribution in [-0.2, 0) is 43.2 Å². The lowest BCUT2D eigenvalue weighted by Crippen LogP contribution is -2.58. The minimum Gasteiger partial charge on any atom is -0.508 e. The van der Waals surface area contributed by atoms with Crippen LogP contribution in [0.4, 0.5) is 0 Å². The number of carboxylic acids is 2. The highest BCUT2D eigenvalue weighted by Crippen LogP contribution is 2.13. The smallest absolute Gasteiger partial charge is 0.326 e. The second kappa shape index (κ2) is 15.7. The number of carbonyl (C=O) groups excluding carboxylic acids is 3. The molecule has 2 aromatic carbocycles. The standard InChI is InChI=1S/C29H34N6O8/c30-21(14-19-15-31-16-32-19)26(39)33-22(10-11-25(37)38)27(40)34-23(12-18-6-8-20(36)9-7-18)28(41)35-24(29(42)43)13-17-4-2-1-3-5-17/h1-9,15-16,21-24,36H,10-14,30H2,(H,31,32)(H,33,39)(H,34,40)(H,35,41)(H,37,38)(H,42,43). The third-order valence-corrected chi connectivity index (χ3v) is 6.52. The van der Waals surface area contributed by atoms with Crippen LogP contribution >= 0.6 is 0 Å². The molecule has 3 amide bonds. The zero-order valence-electron chi connectivity index (χ0n) is 23.1. The second-order valence-corrected chi connectivity index (χ2v) is 9.90. The number of benzene rings is 2. The molecule has 14 nitrogen and oxygen atoms in total. The van der Waals surface area contributed by atoms with Crippen LogP contribution in [-0.4, -0.2) is 79.1 Å². The Morgan fingerprint density at radius 3 is 1.95 bits per heavy atom. The van der Waals surface area contributed by atoms with Gasteiger partial charge in [0.25, 0.3) is 0 Å². The molecule has 0 radical (unpaired) electrons. The lowest BCUT2D eigenvalue weighted by Gasteiger charge is -2.25. The molecule has 0 aliphatic heterocycles. The summed E-state index contributed by atoms with van der Waals surface area (Å²) in [6.45, 7) is 0. The lowest BCUT2D eigenvalue weighted by atomic mass is 10.0. The van der Waals surface area contributed by atoms with Gasteiger partial charge in [-0.15, -0.1) is 0 Å². The van der Waals surface area contributed by atoms with Crippen molar-refractivity contribution in [3.8, 4) is 5.75 Å². The molecule has 0 bridgehead atoms. The monoisotopic (exact) mass is 594 g/mol. The highest BCUT2D eigenvalue weighted by molar-refractivity contribution is 5.94. The Labute approximate surface area is 246 Å². The molecule has 14 heteroatoms. The number of carboxylic acid groups (broad SMARTS) is 2. The van der Waals surface area contributed by atoms with Gasteiger partial charge in [-0.05, 0) is 29.7 Å². The van der Waals surface area contributed by atoms with Gasteiger partial charge in [-0.3, -0.25) is 19.2 Å². The Balaban J connectivity index is 1.79. The molecule has 4 atom stereocenters. The van der Waals surface area contributed by atoms with Gasteiger partial charge in [-0.25, -0.2) is 9.78 Å². The van der Waals surface area contributed by atoms with E-state index in [4.69, 9.17) is 5.73 Å². The summed E-state index contributed by atoms with van der Waals surface area (Å²) in [4.78, 5) is 69.5. The second-order valence-electron chi connectivity index (χ2n) is 9.90. The van der Waals surface area contributed by atoms with Crippen LogP contribution in [0, 0.1) is 0 Å². The van der Waals surface area contributed by atoms with E-state index in [1.165, 1.54) is 36.8 Å². The number of imidazole rings is 1.